The summed E-state index contributed by atoms with van der Waals surface area (Å²) >= 11 is 0. The highest BCUT2D eigenvalue weighted by atomic mass is 16.6. The monoisotopic (exact) mass is 494 g/mol. The molecule has 2 aromatic heterocycles. The second-order valence-corrected chi connectivity index (χ2v) is 8.08. The Hall–Kier alpha value is -5.32. The summed E-state index contributed by atoms with van der Waals surface area (Å²) in [5, 5.41) is 19.5. The molecular formula is C26H22N8O3. The molecule has 0 aliphatic rings. The SMILES string of the molecule is Cc1ccc(-c2c(C(=O)N/N=C\c3ccc(OCc4ccccc4)cc3)nnn2-c2nonc2N)cc1. The standard InChI is InChI=1S/C26H22N8O3/c1-17-7-11-20(12-8-17)23-22(29-33-34(23)25-24(27)31-37-32-25)26(35)30-28-15-18-9-13-21(14-10-18)36-16-19-5-3-2-4-6-19/h2-15H,16H2,1H3,(H2,27,31)(H,30,35)/b28-15-. The number of hydrogen-bond acceptors (Lipinski definition) is 9. The van der Waals surface area contributed by atoms with E-state index in [2.05, 4.69) is 31.2 Å². The molecular weight excluding hydrogens is 472 g/mol. The molecule has 11 nitrogen and oxygen atoms in total. The summed E-state index contributed by atoms with van der Waals surface area (Å²) in [5.74, 6) is 0.307. The predicted molar refractivity (Wildman–Crippen MR) is 136 cm³/mol. The van der Waals surface area contributed by atoms with E-state index in [-0.39, 0.29) is 17.3 Å². The summed E-state index contributed by atoms with van der Waals surface area (Å²) in [6.07, 6.45) is 1.52. The number of benzene rings is 3. The highest BCUT2D eigenvalue weighted by Crippen LogP contribution is 2.26. The number of anilines is 1. The van der Waals surface area contributed by atoms with Crippen molar-refractivity contribution in [3.8, 4) is 22.8 Å². The number of aromatic nitrogens is 5. The fraction of sp³-hybridized carbons (Fsp3) is 0.0769. The summed E-state index contributed by atoms with van der Waals surface area (Å²) in [7, 11) is 0. The van der Waals surface area contributed by atoms with E-state index >= 15 is 0 Å². The number of carbonyl (C=O) groups is 1. The van der Waals surface area contributed by atoms with Crippen LogP contribution in [0.5, 0.6) is 5.75 Å². The normalized spacial score (nSPS) is 11.1. The van der Waals surface area contributed by atoms with Crippen LogP contribution in [0.25, 0.3) is 17.1 Å². The first-order valence-electron chi connectivity index (χ1n) is 11.3. The first-order valence-corrected chi connectivity index (χ1v) is 11.3. The smallest absolute Gasteiger partial charge is 0.294 e. The number of nitrogens with two attached hydrogens (primary N) is 1. The van der Waals surface area contributed by atoms with E-state index in [1.807, 2.05) is 85.8 Å². The molecule has 184 valence electrons. The summed E-state index contributed by atoms with van der Waals surface area (Å²) in [5.41, 5.74) is 12.3. The molecule has 3 aromatic carbocycles. The molecule has 0 unspecified atom stereocenters. The number of rotatable bonds is 8. The molecule has 0 aliphatic carbocycles. The average Bonchev–Trinajstić information content (AvgIpc) is 3.55. The van der Waals surface area contributed by atoms with E-state index in [9.17, 15) is 4.79 Å². The van der Waals surface area contributed by atoms with Crippen LogP contribution in [0.2, 0.25) is 0 Å². The molecule has 5 rings (SSSR count). The predicted octanol–water partition coefficient (Wildman–Crippen LogP) is 3.55. The van der Waals surface area contributed by atoms with Gasteiger partial charge in [0, 0.05) is 5.56 Å². The van der Waals surface area contributed by atoms with Gasteiger partial charge in [-0.05, 0) is 52.6 Å². The maximum absolute atomic E-state index is 13.0. The Labute approximate surface area is 211 Å². The number of nitrogens with one attached hydrogen (secondary N) is 1. The highest BCUT2D eigenvalue weighted by Gasteiger charge is 2.25. The lowest BCUT2D eigenvalue weighted by atomic mass is 10.1. The van der Waals surface area contributed by atoms with Crippen LogP contribution < -0.4 is 15.9 Å². The molecule has 1 amide bonds. The lowest BCUT2D eigenvalue weighted by Crippen LogP contribution is -2.19. The third-order valence-electron chi connectivity index (χ3n) is 5.41. The second kappa shape index (κ2) is 10.5. The van der Waals surface area contributed by atoms with Crippen LogP contribution >= 0.6 is 0 Å². The van der Waals surface area contributed by atoms with Crippen LogP contribution in [-0.4, -0.2) is 37.4 Å². The number of nitrogen functional groups attached to an aromatic ring is 1. The molecule has 0 atom stereocenters. The molecule has 0 saturated carbocycles. The molecule has 0 radical (unpaired) electrons. The van der Waals surface area contributed by atoms with Gasteiger partial charge in [-0.2, -0.15) is 9.78 Å². The van der Waals surface area contributed by atoms with Crippen molar-refractivity contribution in [2.24, 2.45) is 5.10 Å². The van der Waals surface area contributed by atoms with Gasteiger partial charge in [-0.25, -0.2) is 10.1 Å². The fourth-order valence-corrected chi connectivity index (χ4v) is 3.50. The minimum absolute atomic E-state index is 0.0134. The zero-order valence-corrected chi connectivity index (χ0v) is 19.8. The van der Waals surface area contributed by atoms with Crippen LogP contribution in [0.4, 0.5) is 5.82 Å². The van der Waals surface area contributed by atoms with Gasteiger partial charge in [0.05, 0.1) is 6.21 Å². The molecule has 11 heteroatoms. The van der Waals surface area contributed by atoms with Crippen LogP contribution in [0.1, 0.15) is 27.2 Å². The Morgan fingerprint density at radius 2 is 1.81 bits per heavy atom. The lowest BCUT2D eigenvalue weighted by molar-refractivity contribution is 0.0950. The van der Waals surface area contributed by atoms with Gasteiger partial charge < -0.3 is 10.5 Å². The van der Waals surface area contributed by atoms with Crippen molar-refractivity contribution in [3.05, 3.63) is 101 Å². The van der Waals surface area contributed by atoms with Gasteiger partial charge in [0.25, 0.3) is 5.91 Å². The van der Waals surface area contributed by atoms with E-state index in [1.165, 1.54) is 10.9 Å². The number of nitrogens with zero attached hydrogens (tertiary/aromatic N) is 6. The minimum Gasteiger partial charge on any atom is -0.489 e. The summed E-state index contributed by atoms with van der Waals surface area (Å²) in [6.45, 7) is 2.44. The van der Waals surface area contributed by atoms with E-state index in [0.717, 1.165) is 22.4 Å². The van der Waals surface area contributed by atoms with Gasteiger partial charge in [-0.1, -0.05) is 65.4 Å². The van der Waals surface area contributed by atoms with E-state index in [1.54, 1.807) is 0 Å². The Morgan fingerprint density at radius 3 is 2.51 bits per heavy atom. The summed E-state index contributed by atoms with van der Waals surface area (Å²) < 4.78 is 11.8. The highest BCUT2D eigenvalue weighted by molar-refractivity contribution is 5.98. The summed E-state index contributed by atoms with van der Waals surface area (Å²) in [6, 6.07) is 24.8. The van der Waals surface area contributed by atoms with Gasteiger partial charge >= 0.3 is 0 Å². The number of amides is 1. The quantitative estimate of drug-likeness (QED) is 0.246. The van der Waals surface area contributed by atoms with Crippen LogP contribution in [-0.2, 0) is 6.61 Å². The first kappa shape index (κ1) is 23.4. The largest absolute Gasteiger partial charge is 0.489 e. The topological polar surface area (TPSA) is 146 Å². The molecule has 3 N–H and O–H groups in total. The summed E-state index contributed by atoms with van der Waals surface area (Å²) in [4.78, 5) is 13.0. The third kappa shape index (κ3) is 5.35. The number of hydrazone groups is 1. The second-order valence-electron chi connectivity index (χ2n) is 8.08. The molecule has 2 heterocycles. The van der Waals surface area contributed by atoms with Crippen molar-refractivity contribution < 1.29 is 14.2 Å². The van der Waals surface area contributed by atoms with Crippen molar-refractivity contribution in [3.63, 3.8) is 0 Å². The minimum atomic E-state index is -0.559. The molecule has 37 heavy (non-hydrogen) atoms. The third-order valence-corrected chi connectivity index (χ3v) is 5.41. The van der Waals surface area contributed by atoms with Crippen LogP contribution in [0, 0.1) is 6.92 Å². The van der Waals surface area contributed by atoms with Crippen molar-refractivity contribution >= 4 is 17.9 Å². The van der Waals surface area contributed by atoms with Crippen LogP contribution in [0.3, 0.4) is 0 Å². The van der Waals surface area contributed by atoms with Crippen molar-refractivity contribution in [2.45, 2.75) is 13.5 Å². The number of hydrogen-bond donors (Lipinski definition) is 2. The zero-order valence-electron chi connectivity index (χ0n) is 19.8. The maximum Gasteiger partial charge on any atom is 0.294 e. The Bertz CT molecular complexity index is 1520. The van der Waals surface area contributed by atoms with Gasteiger partial charge in [0.1, 0.15) is 18.1 Å². The van der Waals surface area contributed by atoms with Crippen LogP contribution in [0.15, 0.2) is 88.6 Å². The maximum atomic E-state index is 13.0. The Kier molecular flexibility index (Phi) is 6.66. The zero-order chi connectivity index (χ0) is 25.6. The Morgan fingerprint density at radius 1 is 1.05 bits per heavy atom. The van der Waals surface area contributed by atoms with Gasteiger partial charge in [0.2, 0.25) is 11.6 Å². The molecule has 0 bridgehead atoms. The van der Waals surface area contributed by atoms with E-state index in [4.69, 9.17) is 15.1 Å². The van der Waals surface area contributed by atoms with Gasteiger partial charge in [0.15, 0.2) is 5.69 Å². The number of aryl methyl sites for hydroxylation is 1. The van der Waals surface area contributed by atoms with Crippen molar-refractivity contribution in [1.82, 2.24) is 30.7 Å². The van der Waals surface area contributed by atoms with E-state index in [0.29, 0.717) is 17.9 Å². The Balaban J connectivity index is 1.30. The molecule has 0 saturated heterocycles. The molecule has 0 aliphatic heterocycles. The van der Waals surface area contributed by atoms with Gasteiger partial charge in [-0.15, -0.1) is 5.10 Å². The number of ether oxygens (including phenoxy) is 1. The first-order chi connectivity index (χ1) is 18.1. The van der Waals surface area contributed by atoms with E-state index < -0.39 is 5.91 Å². The fourth-order valence-electron chi connectivity index (χ4n) is 3.50. The van der Waals surface area contributed by atoms with Crippen molar-refractivity contribution in [1.29, 1.82) is 0 Å². The molecule has 5 aromatic rings. The number of carbonyl (C=O) groups excluding carboxylic acids is 1. The molecule has 0 spiro atoms. The molecule has 0 fully saturated rings. The van der Waals surface area contributed by atoms with Crippen molar-refractivity contribution in [2.75, 3.05) is 5.73 Å². The van der Waals surface area contributed by atoms with Gasteiger partial charge in [-0.3, -0.25) is 4.79 Å². The average molecular weight is 495 g/mol. The lowest BCUT2D eigenvalue weighted by Gasteiger charge is -2.06.